The van der Waals surface area contributed by atoms with Crippen LogP contribution < -0.4 is 22.3 Å². The molecular formula is C12H17N5O3S. The summed E-state index contributed by atoms with van der Waals surface area (Å²) >= 11 is 1.49. The average molecular weight is 311 g/mol. The number of aromatic nitrogens is 3. The summed E-state index contributed by atoms with van der Waals surface area (Å²) in [6.07, 6.45) is 0. The van der Waals surface area contributed by atoms with Crippen molar-refractivity contribution in [2.75, 3.05) is 24.8 Å². The molecule has 0 aromatic carbocycles. The Morgan fingerprint density at radius 3 is 2.90 bits per heavy atom. The fourth-order valence-corrected chi connectivity index (χ4v) is 2.52. The van der Waals surface area contributed by atoms with Crippen LogP contribution in [0.2, 0.25) is 0 Å². The van der Waals surface area contributed by atoms with Crippen LogP contribution in [0.5, 0.6) is 0 Å². The number of nitrogens with two attached hydrogens (primary N) is 1. The molecule has 114 valence electrons. The molecule has 0 aliphatic heterocycles. The van der Waals surface area contributed by atoms with E-state index in [2.05, 4.69) is 15.3 Å². The molecule has 0 saturated heterocycles. The van der Waals surface area contributed by atoms with Gasteiger partial charge in [0.2, 0.25) is 0 Å². The van der Waals surface area contributed by atoms with Crippen molar-refractivity contribution < 1.29 is 4.74 Å². The maximum Gasteiger partial charge on any atom is 0.330 e. The topological polar surface area (TPSA) is 115 Å². The zero-order valence-corrected chi connectivity index (χ0v) is 12.6. The summed E-state index contributed by atoms with van der Waals surface area (Å²) in [6.45, 7) is 2.85. The van der Waals surface area contributed by atoms with Gasteiger partial charge in [0.25, 0.3) is 5.56 Å². The van der Waals surface area contributed by atoms with Gasteiger partial charge in [-0.3, -0.25) is 14.3 Å². The molecule has 2 aromatic rings. The summed E-state index contributed by atoms with van der Waals surface area (Å²) in [5, 5.41) is 5.69. The van der Waals surface area contributed by atoms with E-state index in [1.807, 2.05) is 12.3 Å². The summed E-state index contributed by atoms with van der Waals surface area (Å²) in [5.41, 5.74) is 5.90. The number of ether oxygens (including phenoxy) is 1. The van der Waals surface area contributed by atoms with E-state index in [4.69, 9.17) is 10.5 Å². The summed E-state index contributed by atoms with van der Waals surface area (Å²) in [7, 11) is 1.52. The number of H-pyrrole nitrogens is 1. The minimum Gasteiger partial charge on any atom is -0.383 e. The predicted octanol–water partition coefficient (Wildman–Crippen LogP) is 0.142. The van der Waals surface area contributed by atoms with E-state index in [1.54, 1.807) is 0 Å². The number of aromatic amines is 1. The molecule has 0 aliphatic carbocycles. The molecule has 0 atom stereocenters. The lowest BCUT2D eigenvalue weighted by molar-refractivity contribution is 0.186. The Morgan fingerprint density at radius 2 is 2.29 bits per heavy atom. The molecule has 8 nitrogen and oxygen atoms in total. The van der Waals surface area contributed by atoms with Crippen LogP contribution in [0.3, 0.4) is 0 Å². The first-order valence-corrected chi connectivity index (χ1v) is 7.17. The number of rotatable bonds is 6. The predicted molar refractivity (Wildman–Crippen MR) is 81.8 cm³/mol. The lowest BCUT2D eigenvalue weighted by Crippen LogP contribution is -2.34. The summed E-state index contributed by atoms with van der Waals surface area (Å²) in [6, 6.07) is 0. The van der Waals surface area contributed by atoms with Gasteiger partial charge in [-0.1, -0.05) is 0 Å². The number of nitrogen functional groups attached to an aromatic ring is 1. The van der Waals surface area contributed by atoms with Crippen molar-refractivity contribution in [3.63, 3.8) is 0 Å². The van der Waals surface area contributed by atoms with E-state index in [0.717, 1.165) is 10.7 Å². The number of hydrogen-bond acceptors (Lipinski definition) is 7. The monoisotopic (exact) mass is 311 g/mol. The largest absolute Gasteiger partial charge is 0.383 e. The first-order chi connectivity index (χ1) is 10.0. The Balaban J connectivity index is 2.26. The van der Waals surface area contributed by atoms with Gasteiger partial charge >= 0.3 is 5.69 Å². The molecule has 0 spiro atoms. The minimum absolute atomic E-state index is 0.0917. The molecule has 0 bridgehead atoms. The number of nitrogens with one attached hydrogen (secondary N) is 2. The maximum atomic E-state index is 11.9. The third-order valence-corrected chi connectivity index (χ3v) is 3.81. The quantitative estimate of drug-likeness (QED) is 0.699. The van der Waals surface area contributed by atoms with Gasteiger partial charge in [-0.2, -0.15) is 0 Å². The Hall–Kier alpha value is -2.13. The van der Waals surface area contributed by atoms with Gasteiger partial charge in [-0.25, -0.2) is 9.78 Å². The standard InChI is InChI=1S/C12H17N5O3S/c1-7-6-21-8(15-7)5-14-9-10(13)17(3-4-20-2)12(19)16-11(9)18/h6,14H,3-5,13H2,1-2H3,(H,16,18,19). The van der Waals surface area contributed by atoms with Gasteiger partial charge in [0.15, 0.2) is 0 Å². The summed E-state index contributed by atoms with van der Waals surface area (Å²) in [4.78, 5) is 30.1. The van der Waals surface area contributed by atoms with E-state index >= 15 is 0 Å². The molecular weight excluding hydrogens is 294 g/mol. The van der Waals surface area contributed by atoms with Crippen LogP contribution in [-0.2, 0) is 17.8 Å². The molecule has 21 heavy (non-hydrogen) atoms. The van der Waals surface area contributed by atoms with E-state index < -0.39 is 11.2 Å². The SMILES string of the molecule is COCCn1c(N)c(NCc2nc(C)cs2)c(=O)[nH]c1=O. The third-order valence-electron chi connectivity index (χ3n) is 2.84. The molecule has 2 rings (SSSR count). The van der Waals surface area contributed by atoms with E-state index in [-0.39, 0.29) is 18.1 Å². The van der Waals surface area contributed by atoms with Gasteiger partial charge in [0, 0.05) is 18.2 Å². The average Bonchev–Trinajstić information content (AvgIpc) is 2.84. The lowest BCUT2D eigenvalue weighted by Gasteiger charge is -2.12. The first kappa shape index (κ1) is 15.3. The van der Waals surface area contributed by atoms with Crippen LogP contribution >= 0.6 is 11.3 Å². The summed E-state index contributed by atoms with van der Waals surface area (Å²) in [5.74, 6) is 0.0917. The van der Waals surface area contributed by atoms with Crippen LogP contribution in [0.15, 0.2) is 15.0 Å². The van der Waals surface area contributed by atoms with Gasteiger partial charge in [0.1, 0.15) is 16.5 Å². The second kappa shape index (κ2) is 6.55. The van der Waals surface area contributed by atoms with Crippen molar-refractivity contribution >= 4 is 22.8 Å². The van der Waals surface area contributed by atoms with Gasteiger partial charge in [0.05, 0.1) is 19.7 Å². The Kier molecular flexibility index (Phi) is 4.76. The Bertz CT molecular complexity index is 733. The smallest absolute Gasteiger partial charge is 0.330 e. The van der Waals surface area contributed by atoms with Gasteiger partial charge in [-0.15, -0.1) is 11.3 Å². The molecule has 0 aliphatic rings. The van der Waals surface area contributed by atoms with E-state index in [9.17, 15) is 9.59 Å². The molecule has 0 unspecified atom stereocenters. The van der Waals surface area contributed by atoms with Crippen molar-refractivity contribution in [3.05, 3.63) is 36.9 Å². The highest BCUT2D eigenvalue weighted by Gasteiger charge is 2.12. The maximum absolute atomic E-state index is 11.9. The van der Waals surface area contributed by atoms with E-state index in [0.29, 0.717) is 13.2 Å². The summed E-state index contributed by atoms with van der Waals surface area (Å²) < 4.78 is 6.19. The highest BCUT2D eigenvalue weighted by atomic mass is 32.1. The molecule has 2 aromatic heterocycles. The van der Waals surface area contributed by atoms with Crippen molar-refractivity contribution in [3.8, 4) is 0 Å². The number of thiazole rings is 1. The molecule has 0 saturated carbocycles. The zero-order valence-electron chi connectivity index (χ0n) is 11.8. The first-order valence-electron chi connectivity index (χ1n) is 6.29. The highest BCUT2D eigenvalue weighted by molar-refractivity contribution is 7.09. The second-order valence-electron chi connectivity index (χ2n) is 4.40. The molecule has 0 radical (unpaired) electrons. The number of nitrogens with zero attached hydrogens (tertiary/aromatic N) is 2. The van der Waals surface area contributed by atoms with Crippen LogP contribution in [0.4, 0.5) is 11.5 Å². The number of anilines is 2. The van der Waals surface area contributed by atoms with Crippen LogP contribution in [0.1, 0.15) is 10.7 Å². The molecule has 4 N–H and O–H groups in total. The van der Waals surface area contributed by atoms with Crippen LogP contribution in [-0.4, -0.2) is 28.3 Å². The van der Waals surface area contributed by atoms with E-state index in [1.165, 1.54) is 23.0 Å². The van der Waals surface area contributed by atoms with Gasteiger partial charge < -0.3 is 15.8 Å². The molecule has 0 fully saturated rings. The molecule has 0 amide bonds. The number of hydrogen-bond donors (Lipinski definition) is 3. The third kappa shape index (κ3) is 3.50. The van der Waals surface area contributed by atoms with Gasteiger partial charge in [-0.05, 0) is 6.92 Å². The Labute approximate surface area is 124 Å². The Morgan fingerprint density at radius 1 is 1.52 bits per heavy atom. The lowest BCUT2D eigenvalue weighted by atomic mass is 10.4. The van der Waals surface area contributed by atoms with Crippen molar-refractivity contribution in [2.45, 2.75) is 20.0 Å². The van der Waals surface area contributed by atoms with Crippen LogP contribution in [0, 0.1) is 6.92 Å². The van der Waals surface area contributed by atoms with Crippen molar-refractivity contribution in [1.82, 2.24) is 14.5 Å². The normalized spacial score (nSPS) is 10.8. The zero-order chi connectivity index (χ0) is 15.4. The minimum atomic E-state index is -0.551. The van der Waals surface area contributed by atoms with Crippen molar-refractivity contribution in [2.24, 2.45) is 0 Å². The fraction of sp³-hybridized carbons (Fsp3) is 0.417. The molecule has 9 heteroatoms. The second-order valence-corrected chi connectivity index (χ2v) is 5.34. The highest BCUT2D eigenvalue weighted by Crippen LogP contribution is 2.14. The number of methoxy groups -OCH3 is 1. The molecule has 2 heterocycles. The van der Waals surface area contributed by atoms with Crippen LogP contribution in [0.25, 0.3) is 0 Å². The van der Waals surface area contributed by atoms with Crippen molar-refractivity contribution in [1.29, 1.82) is 0 Å². The fourth-order valence-electron chi connectivity index (χ4n) is 1.81. The number of aryl methyl sites for hydroxylation is 1.